The van der Waals surface area contributed by atoms with E-state index < -0.39 is 11.6 Å². The van der Waals surface area contributed by atoms with Gasteiger partial charge in [0.25, 0.3) is 0 Å². The zero-order chi connectivity index (χ0) is 25.9. The third kappa shape index (κ3) is 5.73. The Morgan fingerprint density at radius 3 is 2.03 bits per heavy atom. The monoisotopic (exact) mass is 512 g/mol. The van der Waals surface area contributed by atoms with Gasteiger partial charge in [-0.25, -0.2) is 8.78 Å². The van der Waals surface area contributed by atoms with Crippen molar-refractivity contribution in [2.75, 3.05) is 0 Å². The van der Waals surface area contributed by atoms with Gasteiger partial charge in [-0.3, -0.25) is 0 Å². The van der Waals surface area contributed by atoms with E-state index in [4.69, 9.17) is 4.74 Å². The Morgan fingerprint density at radius 2 is 1.41 bits per heavy atom. The second kappa shape index (κ2) is 11.8. The van der Waals surface area contributed by atoms with Crippen molar-refractivity contribution in [2.24, 2.45) is 17.8 Å². The predicted molar refractivity (Wildman–Crippen MR) is 144 cm³/mol. The molecule has 0 bridgehead atoms. The van der Waals surface area contributed by atoms with Crippen LogP contribution < -0.4 is 4.74 Å². The van der Waals surface area contributed by atoms with Gasteiger partial charge in [0.15, 0.2) is 11.6 Å². The number of ether oxygens (including phenoxy) is 1. The van der Waals surface area contributed by atoms with Crippen LogP contribution in [0.15, 0.2) is 24.3 Å². The minimum absolute atomic E-state index is 0.0426. The average molecular weight is 513 g/mol. The molecule has 0 radical (unpaired) electrons. The molecule has 0 aromatic heterocycles. The summed E-state index contributed by atoms with van der Waals surface area (Å²) in [6.07, 6.45) is 15.3. The lowest BCUT2D eigenvalue weighted by molar-refractivity contribution is 0.0711. The van der Waals surface area contributed by atoms with Gasteiger partial charge in [-0.2, -0.15) is 4.39 Å². The fourth-order valence-electron chi connectivity index (χ4n) is 7.48. The molecule has 2 aromatic carbocycles. The molecule has 1 unspecified atom stereocenters. The maximum absolute atomic E-state index is 15.3. The van der Waals surface area contributed by atoms with Crippen molar-refractivity contribution in [3.63, 3.8) is 0 Å². The average Bonchev–Trinajstić information content (AvgIpc) is 2.92. The number of rotatable bonds is 7. The van der Waals surface area contributed by atoms with Crippen LogP contribution in [0.3, 0.4) is 0 Å². The molecular formula is C33H43F3O. The molecule has 1 nitrogen and oxygen atoms in total. The first-order valence-electron chi connectivity index (χ1n) is 15.0. The second-order valence-electron chi connectivity index (χ2n) is 12.0. The van der Waals surface area contributed by atoms with E-state index in [1.54, 1.807) is 18.2 Å². The van der Waals surface area contributed by atoms with Crippen LogP contribution in [0.4, 0.5) is 13.2 Å². The van der Waals surface area contributed by atoms with Crippen LogP contribution in [0.2, 0.25) is 0 Å². The first-order valence-corrected chi connectivity index (χ1v) is 15.0. The van der Waals surface area contributed by atoms with Gasteiger partial charge in [-0.15, -0.1) is 0 Å². The number of fused-ring (bicyclic) bond motifs is 1. The highest BCUT2D eigenvalue weighted by atomic mass is 19.2. The summed E-state index contributed by atoms with van der Waals surface area (Å²) in [5.41, 5.74) is 1.95. The van der Waals surface area contributed by atoms with Crippen molar-refractivity contribution in [3.05, 3.63) is 52.8 Å². The van der Waals surface area contributed by atoms with E-state index in [1.807, 2.05) is 0 Å². The highest BCUT2D eigenvalue weighted by molar-refractivity contribution is 5.68. The Hall–Kier alpha value is -1.97. The Bertz CT molecular complexity index is 1060. The molecule has 2 aromatic rings. The van der Waals surface area contributed by atoms with Crippen LogP contribution in [0, 0.1) is 35.2 Å². The fourth-order valence-corrected chi connectivity index (χ4v) is 7.48. The smallest absolute Gasteiger partial charge is 0.201 e. The molecule has 37 heavy (non-hydrogen) atoms. The van der Waals surface area contributed by atoms with Gasteiger partial charge in [0.1, 0.15) is 11.9 Å². The number of aryl methyl sites for hydroxylation is 1. The number of benzene rings is 2. The van der Waals surface area contributed by atoms with E-state index in [2.05, 4.69) is 13.8 Å². The van der Waals surface area contributed by atoms with E-state index in [1.165, 1.54) is 44.6 Å². The van der Waals surface area contributed by atoms with Gasteiger partial charge in [0.2, 0.25) is 5.82 Å². The van der Waals surface area contributed by atoms with Crippen LogP contribution in [-0.2, 0) is 6.42 Å². The summed E-state index contributed by atoms with van der Waals surface area (Å²) >= 11 is 0. The SMILES string of the molecule is CCCC1CCC(c2ccc(-c3cc4c(c(F)c3F)OC(C3CCC(CCC)CC3)CC4)cc2F)CC1. The van der Waals surface area contributed by atoms with Gasteiger partial charge in [0.05, 0.1) is 0 Å². The topological polar surface area (TPSA) is 9.23 Å². The zero-order valence-corrected chi connectivity index (χ0v) is 22.6. The third-order valence-corrected chi connectivity index (χ3v) is 9.62. The first kappa shape index (κ1) is 26.6. The summed E-state index contributed by atoms with van der Waals surface area (Å²) in [7, 11) is 0. The van der Waals surface area contributed by atoms with Gasteiger partial charge in [-0.1, -0.05) is 64.5 Å². The summed E-state index contributed by atoms with van der Waals surface area (Å²) in [4.78, 5) is 0. The Morgan fingerprint density at radius 1 is 0.757 bits per heavy atom. The van der Waals surface area contributed by atoms with Crippen LogP contribution in [0.1, 0.15) is 114 Å². The number of halogens is 3. The highest BCUT2D eigenvalue weighted by Gasteiger charge is 2.34. The Balaban J connectivity index is 1.30. The molecule has 0 saturated heterocycles. The normalized spacial score (nSPS) is 28.0. The summed E-state index contributed by atoms with van der Waals surface area (Å²) < 4.78 is 52.0. The molecule has 5 rings (SSSR count). The molecule has 1 atom stereocenters. The van der Waals surface area contributed by atoms with E-state index in [0.717, 1.165) is 62.3 Å². The molecule has 1 heterocycles. The highest BCUT2D eigenvalue weighted by Crippen LogP contribution is 2.43. The molecule has 4 heteroatoms. The van der Waals surface area contributed by atoms with Crippen LogP contribution in [0.25, 0.3) is 11.1 Å². The molecule has 3 aliphatic rings. The van der Waals surface area contributed by atoms with Crippen molar-refractivity contribution >= 4 is 0 Å². The van der Waals surface area contributed by atoms with E-state index in [0.29, 0.717) is 23.5 Å². The lowest BCUT2D eigenvalue weighted by Crippen LogP contribution is -2.34. The van der Waals surface area contributed by atoms with Crippen molar-refractivity contribution in [1.29, 1.82) is 0 Å². The number of hydrogen-bond donors (Lipinski definition) is 0. The summed E-state index contributed by atoms with van der Waals surface area (Å²) in [5.74, 6) is 0.120. The summed E-state index contributed by atoms with van der Waals surface area (Å²) in [6, 6.07) is 6.65. The fraction of sp³-hybridized carbons (Fsp3) is 0.636. The molecule has 1 aliphatic heterocycles. The maximum atomic E-state index is 15.3. The standard InChI is InChI=1S/C33H43F3O/c1-3-5-21-7-11-23(12-8-21)27-17-15-25(20-29(27)34)28-19-26-16-18-30(37-33(26)32(36)31(28)35)24-13-9-22(6-4-2)10-14-24/h15,17,19-24,30H,3-14,16,18H2,1-2H3. The number of hydrogen-bond acceptors (Lipinski definition) is 1. The van der Waals surface area contributed by atoms with Crippen LogP contribution >= 0.6 is 0 Å². The van der Waals surface area contributed by atoms with Gasteiger partial charge in [0, 0.05) is 5.56 Å². The Labute approximate surface area is 221 Å². The Kier molecular flexibility index (Phi) is 8.51. The molecule has 202 valence electrons. The van der Waals surface area contributed by atoms with Crippen molar-refractivity contribution in [3.8, 4) is 16.9 Å². The molecule has 0 N–H and O–H groups in total. The van der Waals surface area contributed by atoms with Crippen molar-refractivity contribution in [1.82, 2.24) is 0 Å². The van der Waals surface area contributed by atoms with Gasteiger partial charge < -0.3 is 4.74 Å². The van der Waals surface area contributed by atoms with Crippen LogP contribution in [-0.4, -0.2) is 6.10 Å². The molecule has 2 fully saturated rings. The van der Waals surface area contributed by atoms with Crippen molar-refractivity contribution < 1.29 is 17.9 Å². The second-order valence-corrected chi connectivity index (χ2v) is 12.0. The van der Waals surface area contributed by atoms with Gasteiger partial charge in [-0.05, 0) is 104 Å². The molecule has 0 amide bonds. The lowest BCUT2D eigenvalue weighted by Gasteiger charge is -2.37. The largest absolute Gasteiger partial charge is 0.487 e. The quantitative estimate of drug-likeness (QED) is 0.359. The van der Waals surface area contributed by atoms with Crippen molar-refractivity contribution in [2.45, 2.75) is 116 Å². The van der Waals surface area contributed by atoms with E-state index >= 15 is 13.2 Å². The lowest BCUT2D eigenvalue weighted by atomic mass is 9.76. The molecule has 2 saturated carbocycles. The van der Waals surface area contributed by atoms with Crippen LogP contribution in [0.5, 0.6) is 5.75 Å². The summed E-state index contributed by atoms with van der Waals surface area (Å²) in [5, 5.41) is 0. The molecular weight excluding hydrogens is 469 g/mol. The minimum Gasteiger partial charge on any atom is -0.487 e. The van der Waals surface area contributed by atoms with E-state index in [-0.39, 0.29) is 29.2 Å². The molecule has 0 spiro atoms. The van der Waals surface area contributed by atoms with Gasteiger partial charge >= 0.3 is 0 Å². The first-order chi connectivity index (χ1) is 18.0. The minimum atomic E-state index is -0.932. The molecule has 2 aliphatic carbocycles. The zero-order valence-electron chi connectivity index (χ0n) is 22.6. The maximum Gasteiger partial charge on any atom is 0.201 e. The third-order valence-electron chi connectivity index (χ3n) is 9.62. The summed E-state index contributed by atoms with van der Waals surface area (Å²) in [6.45, 7) is 4.46. The van der Waals surface area contributed by atoms with E-state index in [9.17, 15) is 0 Å². The predicted octanol–water partition coefficient (Wildman–Crippen LogP) is 10.1.